The van der Waals surface area contributed by atoms with Crippen LogP contribution in [0.4, 0.5) is 18.3 Å². The van der Waals surface area contributed by atoms with E-state index in [4.69, 9.17) is 0 Å². The molecular formula is C22H21F3N2OS. The molecule has 0 radical (unpaired) electrons. The van der Waals surface area contributed by atoms with Crippen LogP contribution >= 0.6 is 11.3 Å². The highest BCUT2D eigenvalue weighted by Crippen LogP contribution is 2.42. The van der Waals surface area contributed by atoms with Crippen LogP contribution in [0, 0.1) is 12.3 Å². The fourth-order valence-corrected chi connectivity index (χ4v) is 4.00. The number of thiazole rings is 1. The molecule has 29 heavy (non-hydrogen) atoms. The summed E-state index contributed by atoms with van der Waals surface area (Å²) in [6, 6.07) is 14.3. The number of benzene rings is 2. The summed E-state index contributed by atoms with van der Waals surface area (Å²) in [4.78, 5) is 18.3. The van der Waals surface area contributed by atoms with Crippen LogP contribution in [0.5, 0.6) is 0 Å². The molecule has 1 aromatic heterocycles. The van der Waals surface area contributed by atoms with Crippen molar-refractivity contribution in [3.63, 3.8) is 0 Å². The third kappa shape index (κ3) is 4.67. The summed E-state index contributed by atoms with van der Waals surface area (Å²) in [6.45, 7) is 5.48. The van der Waals surface area contributed by atoms with Crippen molar-refractivity contribution in [2.75, 3.05) is 5.32 Å². The van der Waals surface area contributed by atoms with E-state index in [1.54, 1.807) is 20.0 Å². The SMILES string of the molecule is Cc1cnc(NC(=O)C(C)(C)C(c2ccccc2)c2ccc(C(F)(F)F)cc2)s1. The van der Waals surface area contributed by atoms with E-state index in [1.807, 2.05) is 37.3 Å². The molecule has 2 aromatic carbocycles. The second kappa shape index (κ2) is 7.99. The number of amides is 1. The summed E-state index contributed by atoms with van der Waals surface area (Å²) < 4.78 is 38.9. The molecule has 0 aliphatic carbocycles. The highest BCUT2D eigenvalue weighted by molar-refractivity contribution is 7.15. The van der Waals surface area contributed by atoms with Gasteiger partial charge < -0.3 is 5.32 Å². The van der Waals surface area contributed by atoms with E-state index < -0.39 is 23.1 Å². The minimum Gasteiger partial charge on any atom is -0.301 e. The maximum Gasteiger partial charge on any atom is 0.416 e. The van der Waals surface area contributed by atoms with E-state index in [9.17, 15) is 18.0 Å². The van der Waals surface area contributed by atoms with E-state index in [0.29, 0.717) is 10.7 Å². The van der Waals surface area contributed by atoms with Crippen LogP contribution in [0.25, 0.3) is 0 Å². The molecule has 0 saturated carbocycles. The van der Waals surface area contributed by atoms with Gasteiger partial charge in [0.05, 0.1) is 11.0 Å². The maximum absolute atomic E-state index is 13.1. The summed E-state index contributed by atoms with van der Waals surface area (Å²) in [6.07, 6.45) is -2.73. The van der Waals surface area contributed by atoms with Crippen molar-refractivity contribution in [1.82, 2.24) is 4.98 Å². The lowest BCUT2D eigenvalue weighted by atomic mass is 9.70. The average Bonchev–Trinajstić information content (AvgIpc) is 3.07. The Morgan fingerprint density at radius 3 is 2.10 bits per heavy atom. The van der Waals surface area contributed by atoms with Crippen molar-refractivity contribution in [2.24, 2.45) is 5.41 Å². The third-order valence-corrected chi connectivity index (χ3v) is 5.68. The van der Waals surface area contributed by atoms with Crippen molar-refractivity contribution < 1.29 is 18.0 Å². The van der Waals surface area contributed by atoms with Crippen LogP contribution in [0.3, 0.4) is 0 Å². The molecule has 1 atom stereocenters. The van der Waals surface area contributed by atoms with Crippen LogP contribution in [0.2, 0.25) is 0 Å². The number of carbonyl (C=O) groups excluding carboxylic acids is 1. The first-order chi connectivity index (χ1) is 13.6. The van der Waals surface area contributed by atoms with Crippen LogP contribution in [0.1, 0.15) is 41.3 Å². The van der Waals surface area contributed by atoms with Crippen molar-refractivity contribution in [3.05, 3.63) is 82.4 Å². The number of aromatic nitrogens is 1. The zero-order valence-electron chi connectivity index (χ0n) is 16.2. The van der Waals surface area contributed by atoms with Gasteiger partial charge >= 0.3 is 6.18 Å². The van der Waals surface area contributed by atoms with E-state index in [0.717, 1.165) is 22.6 Å². The molecule has 3 nitrogen and oxygen atoms in total. The molecule has 3 rings (SSSR count). The molecule has 7 heteroatoms. The molecule has 1 amide bonds. The third-order valence-electron chi connectivity index (χ3n) is 4.85. The van der Waals surface area contributed by atoms with Gasteiger partial charge in [-0.15, -0.1) is 11.3 Å². The fourth-order valence-electron chi connectivity index (χ4n) is 3.34. The number of anilines is 1. The number of hydrogen-bond acceptors (Lipinski definition) is 3. The van der Waals surface area contributed by atoms with Crippen molar-refractivity contribution in [3.8, 4) is 0 Å². The zero-order valence-corrected chi connectivity index (χ0v) is 17.1. The molecule has 0 aliphatic rings. The Morgan fingerprint density at radius 1 is 1.00 bits per heavy atom. The largest absolute Gasteiger partial charge is 0.416 e. The Labute approximate surface area is 171 Å². The van der Waals surface area contributed by atoms with E-state index in [1.165, 1.54) is 23.5 Å². The highest BCUT2D eigenvalue weighted by atomic mass is 32.1. The van der Waals surface area contributed by atoms with Gasteiger partial charge in [0.15, 0.2) is 5.13 Å². The number of nitrogens with zero attached hydrogens (tertiary/aromatic N) is 1. The predicted molar refractivity (Wildman–Crippen MR) is 109 cm³/mol. The second-order valence-corrected chi connectivity index (χ2v) is 8.65. The number of nitrogens with one attached hydrogen (secondary N) is 1. The lowest BCUT2D eigenvalue weighted by Gasteiger charge is -2.34. The number of halogens is 3. The van der Waals surface area contributed by atoms with Gasteiger partial charge in [-0.2, -0.15) is 13.2 Å². The number of aryl methyl sites for hydroxylation is 1. The van der Waals surface area contributed by atoms with Crippen molar-refractivity contribution >= 4 is 22.4 Å². The Kier molecular flexibility index (Phi) is 5.80. The summed E-state index contributed by atoms with van der Waals surface area (Å²) in [5.74, 6) is -0.687. The van der Waals surface area contributed by atoms with E-state index in [2.05, 4.69) is 10.3 Å². The van der Waals surface area contributed by atoms with Crippen LogP contribution in [-0.4, -0.2) is 10.9 Å². The van der Waals surface area contributed by atoms with Gasteiger partial charge in [-0.05, 0) is 30.2 Å². The van der Waals surface area contributed by atoms with Crippen LogP contribution < -0.4 is 5.32 Å². The Balaban J connectivity index is 2.00. The molecule has 1 N–H and O–H groups in total. The topological polar surface area (TPSA) is 42.0 Å². The molecule has 0 bridgehead atoms. The Morgan fingerprint density at radius 2 is 1.59 bits per heavy atom. The molecule has 3 aromatic rings. The molecular weight excluding hydrogens is 397 g/mol. The molecule has 0 fully saturated rings. The lowest BCUT2D eigenvalue weighted by molar-refractivity contribution is -0.137. The second-order valence-electron chi connectivity index (χ2n) is 7.42. The minimum absolute atomic E-state index is 0.249. The summed E-state index contributed by atoms with van der Waals surface area (Å²) in [5, 5.41) is 3.35. The molecule has 1 heterocycles. The fraction of sp³-hybridized carbons (Fsp3) is 0.273. The van der Waals surface area contributed by atoms with E-state index in [-0.39, 0.29) is 5.91 Å². The average molecular weight is 418 g/mol. The number of hydrogen-bond donors (Lipinski definition) is 1. The first-order valence-corrected chi connectivity index (χ1v) is 9.86. The zero-order chi connectivity index (χ0) is 21.2. The van der Waals surface area contributed by atoms with Gasteiger partial charge in [0.1, 0.15) is 0 Å². The number of rotatable bonds is 5. The molecule has 1 unspecified atom stereocenters. The first-order valence-electron chi connectivity index (χ1n) is 9.05. The quantitative estimate of drug-likeness (QED) is 0.531. The Hall–Kier alpha value is -2.67. The highest BCUT2D eigenvalue weighted by Gasteiger charge is 2.39. The number of carbonyl (C=O) groups is 1. The molecule has 0 aliphatic heterocycles. The van der Waals surface area contributed by atoms with Gasteiger partial charge in [0.2, 0.25) is 5.91 Å². The minimum atomic E-state index is -4.41. The molecule has 0 spiro atoms. The predicted octanol–water partition coefficient (Wildman–Crippen LogP) is 6.27. The van der Waals surface area contributed by atoms with Crippen molar-refractivity contribution in [1.29, 1.82) is 0 Å². The lowest BCUT2D eigenvalue weighted by Crippen LogP contribution is -2.37. The van der Waals surface area contributed by atoms with Gasteiger partial charge in [0.25, 0.3) is 0 Å². The van der Waals surface area contributed by atoms with Gasteiger partial charge in [0, 0.05) is 17.0 Å². The van der Waals surface area contributed by atoms with E-state index >= 15 is 0 Å². The Bertz CT molecular complexity index is 979. The molecule has 0 saturated heterocycles. The van der Waals surface area contributed by atoms with Crippen LogP contribution in [-0.2, 0) is 11.0 Å². The van der Waals surface area contributed by atoms with Crippen molar-refractivity contribution in [2.45, 2.75) is 32.9 Å². The smallest absolute Gasteiger partial charge is 0.301 e. The molecule has 152 valence electrons. The summed E-state index contributed by atoms with van der Waals surface area (Å²) in [5.41, 5.74) is -0.170. The van der Waals surface area contributed by atoms with Gasteiger partial charge in [-0.3, -0.25) is 4.79 Å². The van der Waals surface area contributed by atoms with Gasteiger partial charge in [-0.25, -0.2) is 4.98 Å². The normalized spacial score (nSPS) is 13.2. The maximum atomic E-state index is 13.1. The standard InChI is InChI=1S/C22H21F3N2OS/c1-14-13-26-20(29-14)27-19(28)21(2,3)18(15-7-5-4-6-8-15)16-9-11-17(12-10-16)22(23,24)25/h4-13,18H,1-3H3,(H,26,27,28). The number of alkyl halides is 3. The summed E-state index contributed by atoms with van der Waals surface area (Å²) in [7, 11) is 0. The summed E-state index contributed by atoms with van der Waals surface area (Å²) >= 11 is 1.37. The van der Waals surface area contributed by atoms with Gasteiger partial charge in [-0.1, -0.05) is 56.3 Å². The monoisotopic (exact) mass is 418 g/mol. The first kappa shape index (κ1) is 21.0. The van der Waals surface area contributed by atoms with Crippen LogP contribution in [0.15, 0.2) is 60.8 Å².